The van der Waals surface area contributed by atoms with E-state index in [2.05, 4.69) is 50.2 Å². The van der Waals surface area contributed by atoms with Crippen molar-refractivity contribution in [3.05, 3.63) is 85.6 Å². The number of aromatic nitrogens is 1. The van der Waals surface area contributed by atoms with Gasteiger partial charge in [0, 0.05) is 19.8 Å². The van der Waals surface area contributed by atoms with Crippen LogP contribution in [-0.2, 0) is 9.53 Å². The molecule has 0 saturated carbocycles. The van der Waals surface area contributed by atoms with E-state index in [4.69, 9.17) is 9.47 Å². The number of carbonyl (C=O) groups is 1. The quantitative estimate of drug-likeness (QED) is 0.264. The van der Waals surface area contributed by atoms with E-state index in [1.54, 1.807) is 18.4 Å². The lowest BCUT2D eigenvalue weighted by Gasteiger charge is -2.25. The second-order valence-electron chi connectivity index (χ2n) is 8.53. The molecule has 0 fully saturated rings. The summed E-state index contributed by atoms with van der Waals surface area (Å²) < 4.78 is 15.2. The molecule has 37 heavy (non-hydrogen) atoms. The third-order valence-corrected chi connectivity index (χ3v) is 8.43. The van der Waals surface area contributed by atoms with Crippen LogP contribution in [-0.4, -0.2) is 37.8 Å². The highest BCUT2D eigenvalue weighted by molar-refractivity contribution is 14.1. The average Bonchev–Trinajstić information content (AvgIpc) is 3.15. The molecule has 0 bridgehead atoms. The molecule has 0 aliphatic carbocycles. The van der Waals surface area contributed by atoms with Crippen molar-refractivity contribution in [3.8, 4) is 5.75 Å². The number of ether oxygens (including phenoxy) is 2. The van der Waals surface area contributed by atoms with E-state index >= 15 is 0 Å². The fourth-order valence-corrected chi connectivity index (χ4v) is 7.33. The number of hydrogen-bond donors (Lipinski definition) is 0. The number of fused-ring (bicyclic) bond motifs is 1. The predicted molar refractivity (Wildman–Crippen MR) is 164 cm³/mol. The van der Waals surface area contributed by atoms with Crippen molar-refractivity contribution in [1.29, 1.82) is 0 Å². The van der Waals surface area contributed by atoms with Gasteiger partial charge in [-0.05, 0) is 107 Å². The van der Waals surface area contributed by atoms with Gasteiger partial charge < -0.3 is 14.4 Å². The molecule has 2 aromatic carbocycles. The van der Waals surface area contributed by atoms with Gasteiger partial charge in [-0.1, -0.05) is 23.5 Å². The third kappa shape index (κ3) is 5.65. The standard InChI is InChI=1S/C27H27I2N3O4S/c1-6-35-24-19(28)12-16(13-20(24)29)14-21-25(33)32-23(17-8-10-18(11-9-17)31(4)5)22(26(34)36-7-2)15(3)30-27(32)37-21/h8-14,23H,6-7H2,1-5H3/b21-14-/t23-/m0/s1. The van der Waals surface area contributed by atoms with E-state index in [0.29, 0.717) is 27.2 Å². The smallest absolute Gasteiger partial charge is 0.338 e. The summed E-state index contributed by atoms with van der Waals surface area (Å²) in [5.41, 5.74) is 3.48. The Morgan fingerprint density at radius 2 is 1.78 bits per heavy atom. The first-order chi connectivity index (χ1) is 17.7. The molecular weight excluding hydrogens is 716 g/mol. The number of thiazole rings is 1. The molecule has 1 aliphatic rings. The van der Waals surface area contributed by atoms with E-state index in [0.717, 1.165) is 29.7 Å². The summed E-state index contributed by atoms with van der Waals surface area (Å²) in [5, 5.41) is 0. The van der Waals surface area contributed by atoms with Crippen LogP contribution in [0.25, 0.3) is 6.08 Å². The Morgan fingerprint density at radius 3 is 2.35 bits per heavy atom. The van der Waals surface area contributed by atoms with Gasteiger partial charge in [0.1, 0.15) is 5.75 Å². The number of hydrogen-bond acceptors (Lipinski definition) is 7. The van der Waals surface area contributed by atoms with Gasteiger partial charge in [-0.25, -0.2) is 9.79 Å². The van der Waals surface area contributed by atoms with E-state index in [1.807, 2.05) is 68.4 Å². The summed E-state index contributed by atoms with van der Waals surface area (Å²) in [6, 6.07) is 11.2. The van der Waals surface area contributed by atoms with Gasteiger partial charge in [-0.2, -0.15) is 0 Å². The maximum atomic E-state index is 13.8. The summed E-state index contributed by atoms with van der Waals surface area (Å²) in [6.45, 7) is 6.34. The minimum Gasteiger partial charge on any atom is -0.492 e. The Labute approximate surface area is 246 Å². The summed E-state index contributed by atoms with van der Waals surface area (Å²) in [6.07, 6.45) is 1.87. The largest absolute Gasteiger partial charge is 0.492 e. The van der Waals surface area contributed by atoms with Crippen LogP contribution in [0.1, 0.15) is 37.9 Å². The van der Waals surface area contributed by atoms with Crippen molar-refractivity contribution in [3.63, 3.8) is 0 Å². The summed E-state index contributed by atoms with van der Waals surface area (Å²) in [7, 11) is 3.94. The molecule has 0 unspecified atom stereocenters. The number of nitrogens with zero attached hydrogens (tertiary/aromatic N) is 3. The molecule has 1 atom stereocenters. The van der Waals surface area contributed by atoms with Crippen LogP contribution >= 0.6 is 56.5 Å². The summed E-state index contributed by atoms with van der Waals surface area (Å²) in [5.74, 6) is 0.383. The average molecular weight is 743 g/mol. The maximum Gasteiger partial charge on any atom is 0.338 e. The first kappa shape index (κ1) is 27.8. The van der Waals surface area contributed by atoms with E-state index in [-0.39, 0.29) is 12.2 Å². The zero-order chi connectivity index (χ0) is 26.9. The van der Waals surface area contributed by atoms with Crippen molar-refractivity contribution in [2.75, 3.05) is 32.2 Å². The minimum absolute atomic E-state index is 0.196. The minimum atomic E-state index is -0.630. The van der Waals surface area contributed by atoms with Gasteiger partial charge in [-0.15, -0.1) is 0 Å². The van der Waals surface area contributed by atoms with Crippen molar-refractivity contribution in [2.45, 2.75) is 26.8 Å². The van der Waals surface area contributed by atoms with Crippen molar-refractivity contribution in [1.82, 2.24) is 4.57 Å². The molecule has 10 heteroatoms. The molecule has 194 valence electrons. The number of anilines is 1. The lowest BCUT2D eigenvalue weighted by atomic mass is 9.95. The molecule has 7 nitrogen and oxygen atoms in total. The number of esters is 1. The van der Waals surface area contributed by atoms with E-state index in [9.17, 15) is 9.59 Å². The number of benzene rings is 2. The fourth-order valence-electron chi connectivity index (χ4n) is 4.16. The van der Waals surface area contributed by atoms with Gasteiger partial charge >= 0.3 is 5.97 Å². The van der Waals surface area contributed by atoms with E-state index < -0.39 is 12.0 Å². The van der Waals surface area contributed by atoms with Crippen molar-refractivity contribution in [2.24, 2.45) is 4.99 Å². The molecule has 1 aliphatic heterocycles. The Bertz CT molecular complexity index is 1530. The van der Waals surface area contributed by atoms with Crippen LogP contribution in [0.15, 0.2) is 57.5 Å². The highest BCUT2D eigenvalue weighted by atomic mass is 127. The number of halogens is 2. The highest BCUT2D eigenvalue weighted by Crippen LogP contribution is 2.32. The molecule has 0 saturated heterocycles. The van der Waals surface area contributed by atoms with E-state index in [1.165, 1.54) is 11.3 Å². The molecule has 4 rings (SSSR count). The third-order valence-electron chi connectivity index (χ3n) is 5.85. The monoisotopic (exact) mass is 743 g/mol. The zero-order valence-corrected chi connectivity index (χ0v) is 26.3. The molecule has 2 heterocycles. The van der Waals surface area contributed by atoms with Crippen LogP contribution in [0.3, 0.4) is 0 Å². The zero-order valence-electron chi connectivity index (χ0n) is 21.2. The summed E-state index contributed by atoms with van der Waals surface area (Å²) >= 11 is 5.82. The number of rotatable bonds is 7. The number of allylic oxidation sites excluding steroid dienone is 1. The van der Waals surface area contributed by atoms with Crippen LogP contribution in [0, 0.1) is 7.14 Å². The van der Waals surface area contributed by atoms with Crippen LogP contribution in [0.5, 0.6) is 5.75 Å². The predicted octanol–water partition coefficient (Wildman–Crippen LogP) is 4.47. The lowest BCUT2D eigenvalue weighted by molar-refractivity contribution is -0.139. The molecule has 0 spiro atoms. The van der Waals surface area contributed by atoms with Crippen molar-refractivity contribution < 1.29 is 14.3 Å². The number of carbonyl (C=O) groups excluding carboxylic acids is 1. The fraction of sp³-hybridized carbons (Fsp3) is 0.296. The normalized spacial score (nSPS) is 15.3. The van der Waals surface area contributed by atoms with Gasteiger partial charge in [0.2, 0.25) is 0 Å². The van der Waals surface area contributed by atoms with Gasteiger partial charge in [0.25, 0.3) is 5.56 Å². The van der Waals surface area contributed by atoms with Crippen LogP contribution < -0.4 is 24.5 Å². The second-order valence-corrected chi connectivity index (χ2v) is 11.9. The van der Waals surface area contributed by atoms with Crippen LogP contribution in [0.2, 0.25) is 0 Å². The maximum absolute atomic E-state index is 13.8. The van der Waals surface area contributed by atoms with Crippen LogP contribution in [0.4, 0.5) is 5.69 Å². The molecular formula is C27H27I2N3O4S. The van der Waals surface area contributed by atoms with Gasteiger partial charge in [0.05, 0.1) is 42.2 Å². The Balaban J connectivity index is 1.91. The molecule has 0 amide bonds. The molecule has 3 aromatic rings. The Morgan fingerprint density at radius 1 is 1.14 bits per heavy atom. The molecule has 0 N–H and O–H groups in total. The highest BCUT2D eigenvalue weighted by Gasteiger charge is 2.33. The lowest BCUT2D eigenvalue weighted by Crippen LogP contribution is -2.39. The SMILES string of the molecule is CCOC(=O)C1=C(C)N=c2s/c(=C\c3cc(I)c(OCC)c(I)c3)c(=O)n2[C@H]1c1ccc(N(C)C)cc1. The van der Waals surface area contributed by atoms with Gasteiger partial charge in [0.15, 0.2) is 4.80 Å². The first-order valence-electron chi connectivity index (χ1n) is 11.7. The molecule has 0 radical (unpaired) electrons. The topological polar surface area (TPSA) is 73.1 Å². The van der Waals surface area contributed by atoms with Crippen molar-refractivity contribution >= 4 is 74.3 Å². The second kappa shape index (κ2) is 11.7. The van der Waals surface area contributed by atoms with Gasteiger partial charge in [-0.3, -0.25) is 9.36 Å². The first-order valence-corrected chi connectivity index (χ1v) is 14.7. The Kier molecular flexibility index (Phi) is 8.79. The summed E-state index contributed by atoms with van der Waals surface area (Å²) in [4.78, 5) is 34.1. The molecule has 1 aromatic heterocycles. The Hall–Kier alpha value is -2.19.